The molecule has 0 radical (unpaired) electrons. The van der Waals surface area contributed by atoms with Gasteiger partial charge in [0.05, 0.1) is 10.8 Å². The summed E-state index contributed by atoms with van der Waals surface area (Å²) >= 11 is 0. The Kier molecular flexibility index (Phi) is 5.89. The lowest BCUT2D eigenvalue weighted by Crippen LogP contribution is -2.45. The minimum Gasteiger partial charge on any atom is -0.451 e. The highest BCUT2D eigenvalue weighted by Crippen LogP contribution is 2.02. The summed E-state index contributed by atoms with van der Waals surface area (Å²) in [6, 6.07) is 5.46. The number of hydrogen-bond donors (Lipinski definition) is 3. The van der Waals surface area contributed by atoms with Gasteiger partial charge in [-0.05, 0) is 26.0 Å². The van der Waals surface area contributed by atoms with Gasteiger partial charge in [-0.3, -0.25) is 29.6 Å². The number of aromatic amines is 1. The van der Waals surface area contributed by atoms with Gasteiger partial charge < -0.3 is 10.1 Å². The number of H-pyrrole nitrogens is 1. The molecule has 3 N–H and O–H groups in total. The van der Waals surface area contributed by atoms with E-state index in [0.29, 0.717) is 6.54 Å². The van der Waals surface area contributed by atoms with Crippen LogP contribution in [-0.2, 0) is 20.9 Å². The first-order chi connectivity index (χ1) is 12.3. The number of esters is 1. The molecule has 0 fully saturated rings. The van der Waals surface area contributed by atoms with E-state index in [1.807, 2.05) is 5.32 Å². The molecule has 1 heterocycles. The number of carbonyl (C=O) groups is 3. The lowest BCUT2D eigenvalue weighted by molar-refractivity contribution is -0.155. The van der Waals surface area contributed by atoms with Gasteiger partial charge in [0.25, 0.3) is 17.0 Å². The van der Waals surface area contributed by atoms with Gasteiger partial charge >= 0.3 is 12.0 Å². The van der Waals surface area contributed by atoms with Crippen LogP contribution < -0.4 is 21.8 Å². The minimum atomic E-state index is -1.26. The molecule has 2 aromatic rings. The SMILES string of the molecule is CCNC(=O)NC(=O)C(C)OC(=O)Cn1[nH]c(=O)c2ccccc2c1=O. The van der Waals surface area contributed by atoms with Gasteiger partial charge in [0.2, 0.25) is 0 Å². The lowest BCUT2D eigenvalue weighted by atomic mass is 10.2. The van der Waals surface area contributed by atoms with E-state index in [-0.39, 0.29) is 10.8 Å². The van der Waals surface area contributed by atoms with E-state index in [2.05, 4.69) is 10.4 Å². The molecule has 2 rings (SSSR count). The number of fused-ring (bicyclic) bond motifs is 1. The number of rotatable bonds is 5. The average molecular weight is 362 g/mol. The van der Waals surface area contributed by atoms with Crippen LogP contribution in [-0.4, -0.2) is 40.3 Å². The predicted molar refractivity (Wildman–Crippen MR) is 91.6 cm³/mol. The maximum atomic E-state index is 12.3. The summed E-state index contributed by atoms with van der Waals surface area (Å²) in [6.45, 7) is 2.69. The molecular formula is C16H18N4O6. The number of ether oxygens (including phenoxy) is 1. The van der Waals surface area contributed by atoms with Crippen LogP contribution in [0.1, 0.15) is 13.8 Å². The molecule has 1 unspecified atom stereocenters. The van der Waals surface area contributed by atoms with Crippen molar-refractivity contribution in [1.82, 2.24) is 20.4 Å². The second-order valence-corrected chi connectivity index (χ2v) is 5.36. The van der Waals surface area contributed by atoms with Crippen LogP contribution in [0, 0.1) is 0 Å². The summed E-state index contributed by atoms with van der Waals surface area (Å²) in [4.78, 5) is 59.2. The number of nitrogens with zero attached hydrogens (tertiary/aromatic N) is 1. The predicted octanol–water partition coefficient (Wildman–Crippen LogP) is -0.533. The molecule has 0 saturated heterocycles. The maximum Gasteiger partial charge on any atom is 0.328 e. The number of imide groups is 1. The van der Waals surface area contributed by atoms with Crippen LogP contribution in [0.4, 0.5) is 4.79 Å². The smallest absolute Gasteiger partial charge is 0.328 e. The number of carbonyl (C=O) groups excluding carboxylic acids is 3. The normalized spacial score (nSPS) is 11.6. The van der Waals surface area contributed by atoms with Gasteiger partial charge in [0.1, 0.15) is 6.54 Å². The van der Waals surface area contributed by atoms with E-state index in [1.165, 1.54) is 19.1 Å². The van der Waals surface area contributed by atoms with E-state index in [1.54, 1.807) is 19.1 Å². The quantitative estimate of drug-likeness (QED) is 0.611. The summed E-state index contributed by atoms with van der Waals surface area (Å²) in [7, 11) is 0. The minimum absolute atomic E-state index is 0.158. The third-order valence-electron chi connectivity index (χ3n) is 3.42. The Bertz CT molecular complexity index is 961. The van der Waals surface area contributed by atoms with Crippen molar-refractivity contribution in [1.29, 1.82) is 0 Å². The third kappa shape index (κ3) is 4.35. The molecule has 1 atom stereocenters. The van der Waals surface area contributed by atoms with Crippen LogP contribution in [0.25, 0.3) is 10.8 Å². The van der Waals surface area contributed by atoms with Gasteiger partial charge in [0, 0.05) is 6.54 Å². The lowest BCUT2D eigenvalue weighted by Gasteiger charge is -2.13. The summed E-state index contributed by atoms with van der Waals surface area (Å²) < 4.78 is 5.70. The Morgan fingerprint density at radius 2 is 1.85 bits per heavy atom. The molecule has 0 saturated carbocycles. The molecule has 10 heteroatoms. The van der Waals surface area contributed by atoms with Gasteiger partial charge in [-0.15, -0.1) is 0 Å². The number of amides is 3. The molecule has 0 aliphatic carbocycles. The Morgan fingerprint density at radius 3 is 2.50 bits per heavy atom. The zero-order chi connectivity index (χ0) is 19.3. The molecule has 26 heavy (non-hydrogen) atoms. The van der Waals surface area contributed by atoms with E-state index in [9.17, 15) is 24.0 Å². The van der Waals surface area contributed by atoms with Crippen molar-refractivity contribution in [3.63, 3.8) is 0 Å². The molecule has 138 valence electrons. The highest BCUT2D eigenvalue weighted by atomic mass is 16.5. The Balaban J connectivity index is 2.08. The molecular weight excluding hydrogens is 344 g/mol. The molecule has 0 bridgehead atoms. The van der Waals surface area contributed by atoms with Gasteiger partial charge in [-0.1, -0.05) is 12.1 Å². The number of hydrogen-bond acceptors (Lipinski definition) is 6. The van der Waals surface area contributed by atoms with Gasteiger partial charge in [-0.2, -0.15) is 0 Å². The highest BCUT2D eigenvalue weighted by Gasteiger charge is 2.20. The first-order valence-electron chi connectivity index (χ1n) is 7.83. The topological polar surface area (TPSA) is 139 Å². The Labute approximate surface area is 147 Å². The zero-order valence-corrected chi connectivity index (χ0v) is 14.2. The zero-order valence-electron chi connectivity index (χ0n) is 14.2. The number of aromatic nitrogens is 2. The van der Waals surface area contributed by atoms with Crippen LogP contribution in [0.5, 0.6) is 0 Å². The fraction of sp³-hybridized carbons (Fsp3) is 0.312. The van der Waals surface area contributed by atoms with Gasteiger partial charge in [0.15, 0.2) is 6.10 Å². The van der Waals surface area contributed by atoms with Crippen molar-refractivity contribution in [3.8, 4) is 0 Å². The van der Waals surface area contributed by atoms with Crippen molar-refractivity contribution in [2.24, 2.45) is 0 Å². The van der Waals surface area contributed by atoms with Crippen molar-refractivity contribution >= 4 is 28.7 Å². The Hall–Kier alpha value is -3.43. The van der Waals surface area contributed by atoms with Crippen molar-refractivity contribution in [3.05, 3.63) is 45.0 Å². The third-order valence-corrected chi connectivity index (χ3v) is 3.42. The number of urea groups is 1. The summed E-state index contributed by atoms with van der Waals surface area (Å²) in [5.74, 6) is -1.74. The highest BCUT2D eigenvalue weighted by molar-refractivity contribution is 5.97. The second-order valence-electron chi connectivity index (χ2n) is 5.36. The standard InChI is InChI=1S/C16H18N4O6/c1-3-17-16(25)18-13(22)9(2)26-12(21)8-20-15(24)11-7-5-4-6-10(11)14(23)19-20/h4-7,9H,3,8H2,1-2H3,(H,19,23)(H2,17,18,22,25). The molecule has 1 aromatic heterocycles. The first kappa shape index (κ1) is 18.9. The maximum absolute atomic E-state index is 12.3. The molecule has 1 aromatic carbocycles. The summed E-state index contributed by atoms with van der Waals surface area (Å²) in [6.07, 6.45) is -1.26. The van der Waals surface area contributed by atoms with E-state index in [4.69, 9.17) is 4.74 Å². The van der Waals surface area contributed by atoms with Crippen molar-refractivity contribution in [2.75, 3.05) is 6.54 Å². The molecule has 0 aliphatic rings. The van der Waals surface area contributed by atoms with Crippen LogP contribution >= 0.6 is 0 Å². The largest absolute Gasteiger partial charge is 0.451 e. The number of benzene rings is 1. The molecule has 0 aliphatic heterocycles. The second kappa shape index (κ2) is 8.10. The van der Waals surface area contributed by atoms with Crippen LogP contribution in [0.15, 0.2) is 33.9 Å². The molecule has 0 spiro atoms. The first-order valence-corrected chi connectivity index (χ1v) is 7.83. The molecule has 3 amide bonds. The van der Waals surface area contributed by atoms with E-state index >= 15 is 0 Å². The van der Waals surface area contributed by atoms with Gasteiger partial charge in [-0.25, -0.2) is 9.48 Å². The van der Waals surface area contributed by atoms with Crippen molar-refractivity contribution < 1.29 is 19.1 Å². The van der Waals surface area contributed by atoms with E-state index in [0.717, 1.165) is 4.68 Å². The fourth-order valence-electron chi connectivity index (χ4n) is 2.19. The summed E-state index contributed by atoms with van der Waals surface area (Å²) in [5.41, 5.74) is -1.10. The fourth-order valence-corrected chi connectivity index (χ4v) is 2.19. The summed E-state index contributed by atoms with van der Waals surface area (Å²) in [5, 5.41) is 7.01. The van der Waals surface area contributed by atoms with Crippen LogP contribution in [0.2, 0.25) is 0 Å². The average Bonchev–Trinajstić information content (AvgIpc) is 2.59. The van der Waals surface area contributed by atoms with Crippen LogP contribution in [0.3, 0.4) is 0 Å². The number of nitrogens with one attached hydrogen (secondary N) is 3. The monoisotopic (exact) mass is 362 g/mol. The molecule has 10 nitrogen and oxygen atoms in total. The van der Waals surface area contributed by atoms with Crippen molar-refractivity contribution in [2.45, 2.75) is 26.5 Å². The Morgan fingerprint density at radius 1 is 1.19 bits per heavy atom. The van der Waals surface area contributed by atoms with E-state index < -0.39 is 41.7 Å².